The first-order chi connectivity index (χ1) is 6.27. The Labute approximate surface area is 88.2 Å². The number of hydrogen-bond donors (Lipinski definition) is 1. The van der Waals surface area contributed by atoms with E-state index in [1.54, 1.807) is 0 Å². The van der Waals surface area contributed by atoms with Gasteiger partial charge in [0.15, 0.2) is 0 Å². The molecule has 0 aromatic rings. The number of morpholine rings is 1. The van der Waals surface area contributed by atoms with E-state index in [2.05, 4.69) is 27.8 Å². The first kappa shape index (κ1) is 11.4. The van der Waals surface area contributed by atoms with Crippen LogP contribution in [0.5, 0.6) is 0 Å². The largest absolute Gasteiger partial charge is 0.395 e. The monoisotopic (exact) mass is 251 g/mol. The van der Waals surface area contributed by atoms with Gasteiger partial charge in [-0.1, -0.05) is 22.9 Å². The standard InChI is InChI=1S/C9H18BrNO2/c1-8(4-10)5-11-2-3-13-7-9(11)6-12/h8-9,12H,2-7H2,1H3. The average Bonchev–Trinajstić information content (AvgIpc) is 2.18. The van der Waals surface area contributed by atoms with Gasteiger partial charge in [-0.05, 0) is 5.92 Å². The van der Waals surface area contributed by atoms with Crippen molar-refractivity contribution in [3.8, 4) is 0 Å². The predicted molar refractivity (Wildman–Crippen MR) is 56.2 cm³/mol. The summed E-state index contributed by atoms with van der Waals surface area (Å²) in [5.74, 6) is 0.632. The number of halogens is 1. The van der Waals surface area contributed by atoms with Crippen LogP contribution in [0.4, 0.5) is 0 Å². The molecule has 0 saturated carbocycles. The van der Waals surface area contributed by atoms with E-state index in [0.29, 0.717) is 12.5 Å². The van der Waals surface area contributed by atoms with Crippen LogP contribution >= 0.6 is 15.9 Å². The van der Waals surface area contributed by atoms with Gasteiger partial charge in [-0.3, -0.25) is 4.90 Å². The topological polar surface area (TPSA) is 32.7 Å². The molecule has 13 heavy (non-hydrogen) atoms. The Morgan fingerprint density at radius 1 is 1.69 bits per heavy atom. The maximum Gasteiger partial charge on any atom is 0.0644 e. The van der Waals surface area contributed by atoms with Crippen LogP contribution in [0.25, 0.3) is 0 Å². The number of hydrogen-bond acceptors (Lipinski definition) is 3. The third-order valence-corrected chi connectivity index (χ3v) is 3.48. The first-order valence-corrected chi connectivity index (χ1v) is 5.88. The first-order valence-electron chi connectivity index (χ1n) is 4.76. The smallest absolute Gasteiger partial charge is 0.0644 e. The highest BCUT2D eigenvalue weighted by molar-refractivity contribution is 9.09. The average molecular weight is 252 g/mol. The van der Waals surface area contributed by atoms with Crippen molar-refractivity contribution in [3.05, 3.63) is 0 Å². The number of nitrogens with zero attached hydrogens (tertiary/aromatic N) is 1. The fourth-order valence-corrected chi connectivity index (χ4v) is 1.75. The molecule has 0 radical (unpaired) electrons. The summed E-state index contributed by atoms with van der Waals surface area (Å²) >= 11 is 3.46. The Bertz CT molecular complexity index is 146. The van der Waals surface area contributed by atoms with Gasteiger partial charge in [0.2, 0.25) is 0 Å². The number of aliphatic hydroxyl groups is 1. The highest BCUT2D eigenvalue weighted by Gasteiger charge is 2.22. The van der Waals surface area contributed by atoms with Crippen molar-refractivity contribution in [2.24, 2.45) is 5.92 Å². The molecule has 0 amide bonds. The van der Waals surface area contributed by atoms with Crippen LogP contribution in [0.15, 0.2) is 0 Å². The molecule has 2 atom stereocenters. The fourth-order valence-electron chi connectivity index (χ4n) is 1.55. The van der Waals surface area contributed by atoms with E-state index in [9.17, 15) is 0 Å². The van der Waals surface area contributed by atoms with Crippen molar-refractivity contribution in [1.82, 2.24) is 4.90 Å². The molecule has 78 valence electrons. The summed E-state index contributed by atoms with van der Waals surface area (Å²) in [7, 11) is 0. The molecular formula is C9H18BrNO2. The molecule has 1 heterocycles. The molecule has 0 aliphatic carbocycles. The Balaban J connectivity index is 2.35. The van der Waals surface area contributed by atoms with Crippen molar-refractivity contribution in [3.63, 3.8) is 0 Å². The van der Waals surface area contributed by atoms with Gasteiger partial charge >= 0.3 is 0 Å². The van der Waals surface area contributed by atoms with E-state index in [1.807, 2.05) is 0 Å². The number of aliphatic hydroxyl groups excluding tert-OH is 1. The molecule has 2 unspecified atom stereocenters. The van der Waals surface area contributed by atoms with Gasteiger partial charge in [-0.15, -0.1) is 0 Å². The van der Waals surface area contributed by atoms with E-state index in [1.165, 1.54) is 0 Å². The molecule has 0 spiro atoms. The molecule has 1 saturated heterocycles. The number of rotatable bonds is 4. The minimum Gasteiger partial charge on any atom is -0.395 e. The van der Waals surface area contributed by atoms with E-state index in [4.69, 9.17) is 9.84 Å². The second-order valence-corrected chi connectivity index (χ2v) is 4.31. The summed E-state index contributed by atoms with van der Waals surface area (Å²) in [6.07, 6.45) is 0. The minimum atomic E-state index is 0.203. The van der Waals surface area contributed by atoms with Gasteiger partial charge in [0, 0.05) is 18.4 Å². The zero-order valence-electron chi connectivity index (χ0n) is 8.08. The zero-order chi connectivity index (χ0) is 9.68. The molecule has 1 aliphatic rings. The van der Waals surface area contributed by atoms with Crippen LogP contribution in [0.2, 0.25) is 0 Å². The maximum absolute atomic E-state index is 9.11. The van der Waals surface area contributed by atoms with Gasteiger partial charge in [-0.25, -0.2) is 0 Å². The van der Waals surface area contributed by atoms with E-state index in [0.717, 1.165) is 25.0 Å². The van der Waals surface area contributed by atoms with Crippen molar-refractivity contribution in [2.75, 3.05) is 38.2 Å². The lowest BCUT2D eigenvalue weighted by atomic mass is 10.1. The van der Waals surface area contributed by atoms with Crippen molar-refractivity contribution in [1.29, 1.82) is 0 Å². The molecule has 0 bridgehead atoms. The Morgan fingerprint density at radius 2 is 2.46 bits per heavy atom. The van der Waals surface area contributed by atoms with E-state index < -0.39 is 0 Å². The number of ether oxygens (including phenoxy) is 1. The normalized spacial score (nSPS) is 27.5. The van der Waals surface area contributed by atoms with Crippen LogP contribution in [0.3, 0.4) is 0 Å². The molecule has 1 rings (SSSR count). The lowest BCUT2D eigenvalue weighted by Crippen LogP contribution is -2.49. The molecular weight excluding hydrogens is 234 g/mol. The van der Waals surface area contributed by atoms with Gasteiger partial charge < -0.3 is 9.84 Å². The van der Waals surface area contributed by atoms with E-state index >= 15 is 0 Å². The van der Waals surface area contributed by atoms with Crippen LogP contribution < -0.4 is 0 Å². The van der Waals surface area contributed by atoms with Gasteiger partial charge in [0.1, 0.15) is 0 Å². The molecule has 0 aromatic carbocycles. The van der Waals surface area contributed by atoms with Gasteiger partial charge in [0.05, 0.1) is 25.9 Å². The third kappa shape index (κ3) is 3.54. The SMILES string of the molecule is CC(CBr)CN1CCOCC1CO. The second kappa shape index (κ2) is 5.96. The van der Waals surface area contributed by atoms with Gasteiger partial charge in [0.25, 0.3) is 0 Å². The molecule has 1 fully saturated rings. The van der Waals surface area contributed by atoms with Crippen molar-refractivity contribution < 1.29 is 9.84 Å². The lowest BCUT2D eigenvalue weighted by Gasteiger charge is -2.35. The van der Waals surface area contributed by atoms with Crippen LogP contribution in [-0.4, -0.2) is 54.3 Å². The maximum atomic E-state index is 9.11. The van der Waals surface area contributed by atoms with Crippen molar-refractivity contribution >= 4 is 15.9 Å². The molecule has 4 heteroatoms. The van der Waals surface area contributed by atoms with Crippen LogP contribution in [0, 0.1) is 5.92 Å². The summed E-state index contributed by atoms with van der Waals surface area (Å²) in [6, 6.07) is 0.204. The number of alkyl halides is 1. The molecule has 1 N–H and O–H groups in total. The quantitative estimate of drug-likeness (QED) is 0.748. The zero-order valence-corrected chi connectivity index (χ0v) is 9.66. The summed E-state index contributed by atoms with van der Waals surface area (Å²) < 4.78 is 5.31. The van der Waals surface area contributed by atoms with E-state index in [-0.39, 0.29) is 12.6 Å². The van der Waals surface area contributed by atoms with Crippen LogP contribution in [0.1, 0.15) is 6.92 Å². The Hall–Kier alpha value is 0.360. The van der Waals surface area contributed by atoms with Crippen molar-refractivity contribution in [2.45, 2.75) is 13.0 Å². The second-order valence-electron chi connectivity index (χ2n) is 3.67. The summed E-state index contributed by atoms with van der Waals surface area (Å²) in [4.78, 5) is 2.31. The summed E-state index contributed by atoms with van der Waals surface area (Å²) in [5.41, 5.74) is 0. The Morgan fingerprint density at radius 3 is 3.08 bits per heavy atom. The highest BCUT2D eigenvalue weighted by atomic mass is 79.9. The third-order valence-electron chi connectivity index (χ3n) is 2.37. The summed E-state index contributed by atoms with van der Waals surface area (Å²) in [5, 5.41) is 10.1. The lowest BCUT2D eigenvalue weighted by molar-refractivity contribution is -0.0313. The highest BCUT2D eigenvalue weighted by Crippen LogP contribution is 2.10. The molecule has 0 aromatic heterocycles. The molecule has 1 aliphatic heterocycles. The Kier molecular flexibility index (Phi) is 5.24. The fraction of sp³-hybridized carbons (Fsp3) is 1.00. The minimum absolute atomic E-state index is 0.203. The summed E-state index contributed by atoms with van der Waals surface area (Å²) in [6.45, 7) is 5.87. The van der Waals surface area contributed by atoms with Gasteiger partial charge in [-0.2, -0.15) is 0 Å². The molecule has 3 nitrogen and oxygen atoms in total. The van der Waals surface area contributed by atoms with Crippen LogP contribution in [-0.2, 0) is 4.74 Å². The predicted octanol–water partition coefficient (Wildman–Crippen LogP) is 0.710.